The summed E-state index contributed by atoms with van der Waals surface area (Å²) < 4.78 is 0. The summed E-state index contributed by atoms with van der Waals surface area (Å²) in [5, 5.41) is 11.2. The fraction of sp³-hybridized carbons (Fsp3) is 0.211. The van der Waals surface area contributed by atoms with Crippen LogP contribution in [-0.2, 0) is 4.79 Å². The Morgan fingerprint density at radius 3 is 2.81 bits per heavy atom. The van der Waals surface area contributed by atoms with Crippen molar-refractivity contribution in [2.45, 2.75) is 19.8 Å². The van der Waals surface area contributed by atoms with E-state index in [1.807, 2.05) is 31.2 Å². The molecule has 0 atom stereocenters. The highest BCUT2D eigenvalue weighted by Crippen LogP contribution is 2.31. The van der Waals surface area contributed by atoms with Crippen molar-refractivity contribution in [2.24, 2.45) is 5.92 Å². The van der Waals surface area contributed by atoms with E-state index in [4.69, 9.17) is 5.73 Å². The molecule has 0 unspecified atom stereocenters. The van der Waals surface area contributed by atoms with Gasteiger partial charge in [-0.05, 0) is 49.6 Å². The molecule has 7 heteroatoms. The van der Waals surface area contributed by atoms with Crippen molar-refractivity contribution in [2.75, 3.05) is 11.1 Å². The molecule has 0 saturated heterocycles. The van der Waals surface area contributed by atoms with E-state index in [-0.39, 0.29) is 11.8 Å². The Hall–Kier alpha value is -3.35. The summed E-state index contributed by atoms with van der Waals surface area (Å²) in [6, 6.07) is 7.48. The van der Waals surface area contributed by atoms with Gasteiger partial charge in [0, 0.05) is 28.9 Å². The van der Waals surface area contributed by atoms with Gasteiger partial charge in [-0.25, -0.2) is 4.98 Å². The molecule has 1 aliphatic carbocycles. The quantitative estimate of drug-likeness (QED) is 0.752. The first-order valence-corrected chi connectivity index (χ1v) is 8.42. The Morgan fingerprint density at radius 1 is 1.15 bits per heavy atom. The number of amides is 1. The Balaban J connectivity index is 1.66. The van der Waals surface area contributed by atoms with Crippen molar-refractivity contribution < 1.29 is 4.79 Å². The lowest BCUT2D eigenvalue weighted by Crippen LogP contribution is -2.14. The highest BCUT2D eigenvalue weighted by atomic mass is 16.2. The average Bonchev–Trinajstić information content (AvgIpc) is 3.49. The lowest BCUT2D eigenvalue weighted by Gasteiger charge is -2.08. The van der Waals surface area contributed by atoms with Crippen LogP contribution in [0.25, 0.3) is 22.4 Å². The van der Waals surface area contributed by atoms with Gasteiger partial charge in [0.2, 0.25) is 5.91 Å². The number of nitrogens with one attached hydrogen (secondary N) is 1. The molecule has 0 radical (unpaired) electrons. The summed E-state index contributed by atoms with van der Waals surface area (Å²) in [6.45, 7) is 1.90. The average molecular weight is 346 g/mol. The number of carbonyl (C=O) groups excluding carboxylic acids is 1. The van der Waals surface area contributed by atoms with Crippen LogP contribution in [0.15, 0.2) is 42.9 Å². The monoisotopic (exact) mass is 346 g/mol. The summed E-state index contributed by atoms with van der Waals surface area (Å²) in [7, 11) is 0. The van der Waals surface area contributed by atoms with Gasteiger partial charge in [0.05, 0.1) is 23.8 Å². The Bertz CT molecular complexity index is 983. The van der Waals surface area contributed by atoms with E-state index >= 15 is 0 Å². The van der Waals surface area contributed by atoms with Gasteiger partial charge in [0.25, 0.3) is 0 Å². The second-order valence-corrected chi connectivity index (χ2v) is 6.42. The smallest absolute Gasteiger partial charge is 0.228 e. The SMILES string of the molecule is Cc1ncc(N)cc1-c1cc(-c2ccnc(NC(=O)C3CC3)c2)cnn1. The highest BCUT2D eigenvalue weighted by Gasteiger charge is 2.29. The van der Waals surface area contributed by atoms with Gasteiger partial charge in [-0.15, -0.1) is 0 Å². The second kappa shape index (κ2) is 6.51. The van der Waals surface area contributed by atoms with Crippen LogP contribution in [0.5, 0.6) is 0 Å². The number of nitrogen functional groups attached to an aromatic ring is 1. The number of nitrogens with zero attached hydrogens (tertiary/aromatic N) is 4. The van der Waals surface area contributed by atoms with Crippen molar-refractivity contribution >= 4 is 17.4 Å². The van der Waals surface area contributed by atoms with Crippen LogP contribution in [0.2, 0.25) is 0 Å². The molecule has 3 aromatic rings. The third-order valence-electron chi connectivity index (χ3n) is 4.33. The maximum Gasteiger partial charge on any atom is 0.228 e. The predicted octanol–water partition coefficient (Wildman–Crippen LogP) is 2.84. The fourth-order valence-electron chi connectivity index (χ4n) is 2.72. The molecule has 1 amide bonds. The number of hydrogen-bond donors (Lipinski definition) is 2. The molecule has 0 bridgehead atoms. The van der Waals surface area contributed by atoms with E-state index in [1.165, 1.54) is 0 Å². The van der Waals surface area contributed by atoms with Crippen LogP contribution >= 0.6 is 0 Å². The van der Waals surface area contributed by atoms with Crippen LogP contribution in [0.4, 0.5) is 11.5 Å². The Labute approximate surface area is 150 Å². The summed E-state index contributed by atoms with van der Waals surface area (Å²) in [6.07, 6.45) is 6.88. The molecular weight excluding hydrogens is 328 g/mol. The molecule has 1 aliphatic rings. The van der Waals surface area contributed by atoms with E-state index in [9.17, 15) is 4.79 Å². The molecule has 3 N–H and O–H groups in total. The van der Waals surface area contributed by atoms with E-state index in [0.29, 0.717) is 17.2 Å². The molecular formula is C19H18N6O. The molecule has 26 heavy (non-hydrogen) atoms. The van der Waals surface area contributed by atoms with Gasteiger partial charge in [-0.1, -0.05) is 0 Å². The summed E-state index contributed by atoms with van der Waals surface area (Å²) >= 11 is 0. The molecule has 0 aromatic carbocycles. The number of hydrogen-bond acceptors (Lipinski definition) is 6. The minimum Gasteiger partial charge on any atom is -0.397 e. The topological polar surface area (TPSA) is 107 Å². The van der Waals surface area contributed by atoms with Gasteiger partial charge in [-0.2, -0.15) is 10.2 Å². The number of aromatic nitrogens is 4. The first-order chi connectivity index (χ1) is 12.6. The van der Waals surface area contributed by atoms with E-state index in [1.54, 1.807) is 18.6 Å². The van der Waals surface area contributed by atoms with Gasteiger partial charge in [0.1, 0.15) is 5.82 Å². The largest absolute Gasteiger partial charge is 0.397 e. The maximum atomic E-state index is 11.9. The molecule has 3 aromatic heterocycles. The van der Waals surface area contributed by atoms with E-state index in [0.717, 1.165) is 35.2 Å². The molecule has 4 rings (SSSR count). The van der Waals surface area contributed by atoms with Crippen molar-refractivity contribution in [3.63, 3.8) is 0 Å². The predicted molar refractivity (Wildman–Crippen MR) is 99.0 cm³/mol. The van der Waals surface area contributed by atoms with Gasteiger partial charge in [-0.3, -0.25) is 9.78 Å². The first kappa shape index (κ1) is 16.1. The molecule has 7 nitrogen and oxygen atoms in total. The van der Waals surface area contributed by atoms with E-state index < -0.39 is 0 Å². The van der Waals surface area contributed by atoms with Crippen molar-refractivity contribution in [1.82, 2.24) is 20.2 Å². The summed E-state index contributed by atoms with van der Waals surface area (Å²) in [4.78, 5) is 20.4. The zero-order valence-corrected chi connectivity index (χ0v) is 14.3. The Morgan fingerprint density at radius 2 is 2.00 bits per heavy atom. The standard InChI is InChI=1S/C19H18N6O/c1-11-16(8-15(20)10-22-11)17-6-14(9-23-25-17)13-4-5-21-18(7-13)24-19(26)12-2-3-12/h4-10,12H,2-3,20H2,1H3,(H,21,24,26). The first-order valence-electron chi connectivity index (χ1n) is 8.42. The van der Waals surface area contributed by atoms with Crippen molar-refractivity contribution in [3.05, 3.63) is 48.5 Å². The number of aryl methyl sites for hydroxylation is 1. The van der Waals surface area contributed by atoms with E-state index in [2.05, 4.69) is 25.5 Å². The molecule has 0 aliphatic heterocycles. The van der Waals surface area contributed by atoms with Crippen LogP contribution in [0.1, 0.15) is 18.5 Å². The molecule has 3 heterocycles. The third-order valence-corrected chi connectivity index (χ3v) is 4.33. The van der Waals surface area contributed by atoms with Crippen LogP contribution in [-0.4, -0.2) is 26.1 Å². The van der Waals surface area contributed by atoms with Crippen molar-refractivity contribution in [1.29, 1.82) is 0 Å². The second-order valence-electron chi connectivity index (χ2n) is 6.42. The third kappa shape index (κ3) is 3.37. The number of nitrogens with two attached hydrogens (primary N) is 1. The lowest BCUT2D eigenvalue weighted by molar-refractivity contribution is -0.117. The minimum absolute atomic E-state index is 0.0321. The molecule has 1 fully saturated rings. The van der Waals surface area contributed by atoms with Gasteiger partial charge >= 0.3 is 0 Å². The van der Waals surface area contributed by atoms with Crippen LogP contribution in [0.3, 0.4) is 0 Å². The number of rotatable bonds is 4. The zero-order chi connectivity index (χ0) is 18.1. The minimum atomic E-state index is 0.0321. The lowest BCUT2D eigenvalue weighted by atomic mass is 10.0. The zero-order valence-electron chi connectivity index (χ0n) is 14.3. The summed E-state index contributed by atoms with van der Waals surface area (Å²) in [5.74, 6) is 0.706. The van der Waals surface area contributed by atoms with Crippen LogP contribution in [0, 0.1) is 12.8 Å². The van der Waals surface area contributed by atoms with Gasteiger partial charge < -0.3 is 11.1 Å². The number of carbonyl (C=O) groups is 1. The van der Waals surface area contributed by atoms with Crippen LogP contribution < -0.4 is 11.1 Å². The van der Waals surface area contributed by atoms with Crippen molar-refractivity contribution in [3.8, 4) is 22.4 Å². The Kier molecular flexibility index (Phi) is 4.04. The fourth-order valence-corrected chi connectivity index (χ4v) is 2.72. The molecule has 130 valence electrons. The summed E-state index contributed by atoms with van der Waals surface area (Å²) in [5.41, 5.74) is 10.6. The maximum absolute atomic E-state index is 11.9. The van der Waals surface area contributed by atoms with Gasteiger partial charge in [0.15, 0.2) is 0 Å². The number of anilines is 2. The molecule has 0 spiro atoms. The number of pyridine rings is 2. The normalized spacial score (nSPS) is 13.4. The molecule has 1 saturated carbocycles. The highest BCUT2D eigenvalue weighted by molar-refractivity contribution is 5.93.